The van der Waals surface area contributed by atoms with E-state index in [-0.39, 0.29) is 10.7 Å². The summed E-state index contributed by atoms with van der Waals surface area (Å²) in [6, 6.07) is 15.8. The lowest BCUT2D eigenvalue weighted by atomic mass is 9.87. The van der Waals surface area contributed by atoms with Gasteiger partial charge in [-0.25, -0.2) is 13.4 Å². The van der Waals surface area contributed by atoms with Gasteiger partial charge in [0.15, 0.2) is 15.0 Å². The highest BCUT2D eigenvalue weighted by Gasteiger charge is 2.32. The molecular weight excluding hydrogens is 424 g/mol. The SMILES string of the molecule is Cc1ccc(-c2csc(N3CCC(S(=O)(=O)c4ccc(C(C)(C)C)cc4)CC3)n2)cc1. The van der Waals surface area contributed by atoms with Crippen LogP contribution in [0.15, 0.2) is 58.8 Å². The number of aryl methyl sites for hydroxylation is 1. The van der Waals surface area contributed by atoms with Gasteiger partial charge in [-0.2, -0.15) is 0 Å². The van der Waals surface area contributed by atoms with Gasteiger partial charge in [-0.15, -0.1) is 11.3 Å². The summed E-state index contributed by atoms with van der Waals surface area (Å²) in [4.78, 5) is 7.47. The van der Waals surface area contributed by atoms with Gasteiger partial charge < -0.3 is 4.90 Å². The molecule has 2 aromatic carbocycles. The van der Waals surface area contributed by atoms with E-state index in [4.69, 9.17) is 4.98 Å². The van der Waals surface area contributed by atoms with Crippen molar-refractivity contribution >= 4 is 26.3 Å². The number of anilines is 1. The molecule has 0 radical (unpaired) electrons. The molecule has 0 bridgehead atoms. The van der Waals surface area contributed by atoms with Gasteiger partial charge in [0.25, 0.3) is 0 Å². The first-order valence-electron chi connectivity index (χ1n) is 10.8. The van der Waals surface area contributed by atoms with Crippen molar-refractivity contribution in [3.05, 3.63) is 65.0 Å². The van der Waals surface area contributed by atoms with E-state index in [9.17, 15) is 8.42 Å². The molecule has 3 aromatic rings. The first kappa shape index (κ1) is 22.0. The molecule has 4 rings (SSSR count). The van der Waals surface area contributed by atoms with Crippen LogP contribution in [0, 0.1) is 6.92 Å². The van der Waals surface area contributed by atoms with Crippen molar-refractivity contribution in [3.8, 4) is 11.3 Å². The lowest BCUT2D eigenvalue weighted by molar-refractivity contribution is 0.529. The fourth-order valence-electron chi connectivity index (χ4n) is 3.96. The Morgan fingerprint density at radius 1 is 0.968 bits per heavy atom. The third-order valence-electron chi connectivity index (χ3n) is 6.04. The van der Waals surface area contributed by atoms with Gasteiger partial charge >= 0.3 is 0 Å². The molecule has 1 aliphatic heterocycles. The van der Waals surface area contributed by atoms with Crippen molar-refractivity contribution < 1.29 is 8.42 Å². The summed E-state index contributed by atoms with van der Waals surface area (Å²) in [6.45, 7) is 9.91. The largest absolute Gasteiger partial charge is 0.348 e. The Bertz CT molecular complexity index is 1130. The summed E-state index contributed by atoms with van der Waals surface area (Å²) >= 11 is 1.63. The van der Waals surface area contributed by atoms with E-state index in [1.807, 2.05) is 12.1 Å². The molecule has 2 heterocycles. The summed E-state index contributed by atoms with van der Waals surface area (Å²) in [5.41, 5.74) is 4.49. The number of nitrogens with zero attached hydrogens (tertiary/aromatic N) is 2. The molecule has 0 amide bonds. The Morgan fingerprint density at radius 2 is 1.58 bits per heavy atom. The minimum atomic E-state index is -3.32. The van der Waals surface area contributed by atoms with E-state index >= 15 is 0 Å². The van der Waals surface area contributed by atoms with Crippen LogP contribution >= 0.6 is 11.3 Å². The van der Waals surface area contributed by atoms with Crippen LogP contribution < -0.4 is 4.90 Å². The van der Waals surface area contributed by atoms with Crippen molar-refractivity contribution in [2.24, 2.45) is 0 Å². The van der Waals surface area contributed by atoms with Crippen LogP contribution in [0.1, 0.15) is 44.7 Å². The molecule has 31 heavy (non-hydrogen) atoms. The van der Waals surface area contributed by atoms with E-state index < -0.39 is 9.84 Å². The molecule has 0 saturated carbocycles. The van der Waals surface area contributed by atoms with Crippen LogP contribution in [0.5, 0.6) is 0 Å². The monoisotopic (exact) mass is 454 g/mol. The maximum absolute atomic E-state index is 13.2. The molecule has 6 heteroatoms. The predicted molar refractivity (Wildman–Crippen MR) is 130 cm³/mol. The Kier molecular flexibility index (Phi) is 5.97. The summed E-state index contributed by atoms with van der Waals surface area (Å²) < 4.78 is 26.4. The zero-order chi connectivity index (χ0) is 22.2. The number of sulfone groups is 1. The number of hydrogen-bond acceptors (Lipinski definition) is 5. The van der Waals surface area contributed by atoms with Crippen LogP contribution in [0.3, 0.4) is 0 Å². The lowest BCUT2D eigenvalue weighted by Gasteiger charge is -2.31. The van der Waals surface area contributed by atoms with Crippen molar-refractivity contribution in [1.29, 1.82) is 0 Å². The molecule has 1 saturated heterocycles. The topological polar surface area (TPSA) is 50.3 Å². The van der Waals surface area contributed by atoms with Crippen molar-refractivity contribution in [2.75, 3.05) is 18.0 Å². The number of piperidine rings is 1. The second-order valence-electron chi connectivity index (χ2n) is 9.39. The Hall–Kier alpha value is -2.18. The van der Waals surface area contributed by atoms with Gasteiger partial charge in [-0.1, -0.05) is 62.7 Å². The Morgan fingerprint density at radius 3 is 2.16 bits per heavy atom. The molecule has 0 N–H and O–H groups in total. The quantitative estimate of drug-likeness (QED) is 0.495. The number of rotatable bonds is 4. The number of hydrogen-bond donors (Lipinski definition) is 0. The maximum atomic E-state index is 13.2. The zero-order valence-corrected chi connectivity index (χ0v) is 20.3. The average Bonchev–Trinajstić information content (AvgIpc) is 3.24. The molecule has 4 nitrogen and oxygen atoms in total. The van der Waals surface area contributed by atoms with Crippen LogP contribution in [0.25, 0.3) is 11.3 Å². The maximum Gasteiger partial charge on any atom is 0.185 e. The first-order chi connectivity index (χ1) is 14.6. The fraction of sp³-hybridized carbons (Fsp3) is 0.400. The Labute approximate surface area is 189 Å². The molecule has 164 valence electrons. The highest BCUT2D eigenvalue weighted by molar-refractivity contribution is 7.92. The summed E-state index contributed by atoms with van der Waals surface area (Å²) in [6.07, 6.45) is 1.26. The third kappa shape index (κ3) is 4.70. The highest BCUT2D eigenvalue weighted by atomic mass is 32.2. The second kappa shape index (κ2) is 8.40. The van der Waals surface area contributed by atoms with Crippen LogP contribution in [0.2, 0.25) is 0 Å². The highest BCUT2D eigenvalue weighted by Crippen LogP contribution is 2.32. The van der Waals surface area contributed by atoms with E-state index in [2.05, 4.69) is 62.2 Å². The van der Waals surface area contributed by atoms with E-state index in [1.54, 1.807) is 23.5 Å². The molecule has 1 aromatic heterocycles. The van der Waals surface area contributed by atoms with Gasteiger partial charge in [0.1, 0.15) is 0 Å². The van der Waals surface area contributed by atoms with Gasteiger partial charge in [0.05, 0.1) is 15.8 Å². The van der Waals surface area contributed by atoms with E-state index in [1.165, 1.54) is 5.56 Å². The minimum absolute atomic E-state index is 0.0127. The number of benzene rings is 2. The van der Waals surface area contributed by atoms with E-state index in [0.717, 1.165) is 22.0 Å². The van der Waals surface area contributed by atoms with Crippen LogP contribution in [0.4, 0.5) is 5.13 Å². The third-order valence-corrected chi connectivity index (χ3v) is 9.22. The van der Waals surface area contributed by atoms with Gasteiger partial charge in [0, 0.05) is 24.0 Å². The van der Waals surface area contributed by atoms with Crippen LogP contribution in [-0.4, -0.2) is 31.7 Å². The average molecular weight is 455 g/mol. The van der Waals surface area contributed by atoms with Crippen molar-refractivity contribution in [1.82, 2.24) is 4.98 Å². The molecule has 0 aliphatic carbocycles. The second-order valence-corrected chi connectivity index (χ2v) is 12.5. The van der Waals surface area contributed by atoms with Gasteiger partial charge in [0.2, 0.25) is 0 Å². The lowest BCUT2D eigenvalue weighted by Crippen LogP contribution is -2.39. The summed E-state index contributed by atoms with van der Waals surface area (Å²) in [7, 11) is -3.32. The number of thiazole rings is 1. The molecule has 1 fully saturated rings. The zero-order valence-electron chi connectivity index (χ0n) is 18.6. The van der Waals surface area contributed by atoms with Crippen molar-refractivity contribution in [2.45, 2.75) is 56.1 Å². The molecule has 0 atom stereocenters. The fourth-order valence-corrected chi connectivity index (χ4v) is 6.58. The minimum Gasteiger partial charge on any atom is -0.348 e. The molecule has 1 aliphatic rings. The molecular formula is C25H30N2O2S2. The van der Waals surface area contributed by atoms with Crippen LogP contribution in [-0.2, 0) is 15.3 Å². The van der Waals surface area contributed by atoms with E-state index in [0.29, 0.717) is 30.8 Å². The first-order valence-corrected chi connectivity index (χ1v) is 13.2. The smallest absolute Gasteiger partial charge is 0.185 e. The van der Waals surface area contributed by atoms with Crippen molar-refractivity contribution in [3.63, 3.8) is 0 Å². The van der Waals surface area contributed by atoms with Gasteiger partial charge in [-0.05, 0) is 42.9 Å². The summed E-state index contributed by atoms with van der Waals surface area (Å²) in [5.74, 6) is 0. The normalized spacial score (nSPS) is 15.9. The Balaban J connectivity index is 1.43. The van der Waals surface area contributed by atoms with Gasteiger partial charge in [-0.3, -0.25) is 0 Å². The predicted octanol–water partition coefficient (Wildman–Crippen LogP) is 5.86. The molecule has 0 unspecified atom stereocenters. The summed E-state index contributed by atoms with van der Waals surface area (Å²) in [5, 5.41) is 2.72. The standard InChI is InChI=1S/C25H30N2O2S2/c1-18-5-7-19(8-6-18)23-17-30-24(26-23)27-15-13-22(14-16-27)31(28,29)21-11-9-20(10-12-21)25(2,3)4/h5-12,17,22H,13-16H2,1-4H3. The number of aromatic nitrogens is 1. The molecule has 0 spiro atoms.